The van der Waals surface area contributed by atoms with Crippen molar-refractivity contribution < 1.29 is 0 Å². The van der Waals surface area contributed by atoms with Crippen molar-refractivity contribution >= 4 is 6.08 Å². The van der Waals surface area contributed by atoms with Crippen molar-refractivity contribution in [1.29, 1.82) is 0 Å². The second-order valence-corrected chi connectivity index (χ2v) is 4.67. The standard InChI is InChI=1S/C15H19/c1-5-12-8-14-11(4)6-7-13(10(2)3)15(14)9-12/h6-10H,5H2,1-4H3. The highest BCUT2D eigenvalue weighted by Crippen LogP contribution is 2.35. The van der Waals surface area contributed by atoms with Crippen LogP contribution in [0, 0.1) is 13.3 Å². The summed E-state index contributed by atoms with van der Waals surface area (Å²) in [6.07, 6.45) is 5.83. The first-order valence-electron chi connectivity index (χ1n) is 5.82. The minimum absolute atomic E-state index is 0.611. The van der Waals surface area contributed by atoms with Gasteiger partial charge in [-0.1, -0.05) is 44.6 Å². The Hall–Kier alpha value is -1.04. The van der Waals surface area contributed by atoms with Crippen molar-refractivity contribution in [2.75, 3.05) is 0 Å². The van der Waals surface area contributed by atoms with Crippen LogP contribution < -0.4 is 0 Å². The average molecular weight is 199 g/mol. The third-order valence-corrected chi connectivity index (χ3v) is 3.23. The zero-order valence-electron chi connectivity index (χ0n) is 10.1. The molecule has 1 radical (unpaired) electrons. The molecule has 1 aromatic carbocycles. The Balaban J connectivity index is 2.54. The van der Waals surface area contributed by atoms with Crippen LogP contribution in [0.5, 0.6) is 0 Å². The summed E-state index contributed by atoms with van der Waals surface area (Å²) < 4.78 is 0. The van der Waals surface area contributed by atoms with Gasteiger partial charge in [0.1, 0.15) is 0 Å². The van der Waals surface area contributed by atoms with E-state index in [4.69, 9.17) is 0 Å². The molecule has 2 rings (SSSR count). The summed E-state index contributed by atoms with van der Waals surface area (Å²) in [6.45, 7) is 8.95. The molecule has 0 heterocycles. The molecule has 0 unspecified atom stereocenters. The van der Waals surface area contributed by atoms with Gasteiger partial charge in [0.15, 0.2) is 0 Å². The van der Waals surface area contributed by atoms with Gasteiger partial charge in [0.25, 0.3) is 0 Å². The van der Waals surface area contributed by atoms with Gasteiger partial charge in [-0.2, -0.15) is 0 Å². The predicted molar refractivity (Wildman–Crippen MR) is 66.9 cm³/mol. The fourth-order valence-corrected chi connectivity index (χ4v) is 2.23. The Kier molecular flexibility index (Phi) is 2.68. The van der Waals surface area contributed by atoms with Crippen LogP contribution in [0.1, 0.15) is 55.4 Å². The van der Waals surface area contributed by atoms with Crippen LogP contribution in [-0.4, -0.2) is 0 Å². The monoisotopic (exact) mass is 199 g/mol. The van der Waals surface area contributed by atoms with Gasteiger partial charge in [0, 0.05) is 6.42 Å². The maximum absolute atomic E-state index is 2.36. The lowest BCUT2D eigenvalue weighted by Gasteiger charge is -2.12. The summed E-state index contributed by atoms with van der Waals surface area (Å²) in [7, 11) is 0. The van der Waals surface area contributed by atoms with Crippen LogP contribution in [0.3, 0.4) is 0 Å². The SMILES string of the molecule is CCC1=Cc2c(C(C)C)ccc(C)c2[CH]1. The lowest BCUT2D eigenvalue weighted by molar-refractivity contribution is 0.862. The van der Waals surface area contributed by atoms with Crippen LogP contribution in [-0.2, 0) is 0 Å². The predicted octanol–water partition coefficient (Wildman–Crippen LogP) is 4.48. The first-order chi connectivity index (χ1) is 7.13. The molecule has 0 atom stereocenters. The normalized spacial score (nSPS) is 14.3. The highest BCUT2D eigenvalue weighted by Gasteiger charge is 2.18. The van der Waals surface area contributed by atoms with Gasteiger partial charge in [0.2, 0.25) is 0 Å². The number of hydrogen-bond donors (Lipinski definition) is 0. The van der Waals surface area contributed by atoms with E-state index in [9.17, 15) is 0 Å². The molecule has 0 saturated carbocycles. The number of benzene rings is 1. The maximum atomic E-state index is 2.36. The van der Waals surface area contributed by atoms with Gasteiger partial charge in [-0.3, -0.25) is 0 Å². The molecule has 0 spiro atoms. The summed E-state index contributed by atoms with van der Waals surface area (Å²) in [5.74, 6) is 0.611. The van der Waals surface area contributed by atoms with E-state index in [0.717, 1.165) is 6.42 Å². The maximum Gasteiger partial charge on any atom is 0.0167 e. The first-order valence-corrected chi connectivity index (χ1v) is 5.82. The Morgan fingerprint density at radius 2 is 1.87 bits per heavy atom. The highest BCUT2D eigenvalue weighted by molar-refractivity contribution is 5.73. The molecule has 0 fully saturated rings. The molecule has 0 nitrogen and oxygen atoms in total. The molecule has 0 heteroatoms. The average Bonchev–Trinajstić information content (AvgIpc) is 2.62. The van der Waals surface area contributed by atoms with E-state index in [1.807, 2.05) is 0 Å². The zero-order chi connectivity index (χ0) is 11.0. The van der Waals surface area contributed by atoms with Crippen molar-refractivity contribution in [3.63, 3.8) is 0 Å². The fraction of sp³-hybridized carbons (Fsp3) is 0.400. The minimum Gasteiger partial charge on any atom is -0.0616 e. The number of hydrogen-bond acceptors (Lipinski definition) is 0. The third kappa shape index (κ3) is 1.73. The van der Waals surface area contributed by atoms with Crippen LogP contribution >= 0.6 is 0 Å². The van der Waals surface area contributed by atoms with Crippen molar-refractivity contribution in [1.82, 2.24) is 0 Å². The molecular weight excluding hydrogens is 180 g/mol. The molecule has 0 N–H and O–H groups in total. The Morgan fingerprint density at radius 3 is 2.47 bits per heavy atom. The van der Waals surface area contributed by atoms with E-state index in [0.29, 0.717) is 5.92 Å². The second kappa shape index (κ2) is 3.84. The van der Waals surface area contributed by atoms with Crippen LogP contribution in [0.4, 0.5) is 0 Å². The van der Waals surface area contributed by atoms with Crippen LogP contribution in [0.2, 0.25) is 0 Å². The number of aryl methyl sites for hydroxylation is 1. The van der Waals surface area contributed by atoms with Gasteiger partial charge in [-0.05, 0) is 41.5 Å². The van der Waals surface area contributed by atoms with Gasteiger partial charge in [-0.25, -0.2) is 0 Å². The Bertz CT molecular complexity index is 408. The van der Waals surface area contributed by atoms with Gasteiger partial charge in [0.05, 0.1) is 0 Å². The smallest absolute Gasteiger partial charge is 0.0167 e. The molecule has 0 bridgehead atoms. The lowest BCUT2D eigenvalue weighted by atomic mass is 9.92. The molecule has 0 aromatic heterocycles. The zero-order valence-corrected chi connectivity index (χ0v) is 10.1. The van der Waals surface area contributed by atoms with E-state index in [1.165, 1.54) is 27.8 Å². The Morgan fingerprint density at radius 1 is 1.13 bits per heavy atom. The molecule has 79 valence electrons. The summed E-state index contributed by atoms with van der Waals surface area (Å²) >= 11 is 0. The molecule has 0 amide bonds. The minimum atomic E-state index is 0.611. The van der Waals surface area contributed by atoms with Gasteiger partial charge < -0.3 is 0 Å². The van der Waals surface area contributed by atoms with Gasteiger partial charge >= 0.3 is 0 Å². The van der Waals surface area contributed by atoms with Crippen LogP contribution in [0.15, 0.2) is 17.7 Å². The number of allylic oxidation sites excluding steroid dienone is 1. The quantitative estimate of drug-likeness (QED) is 0.659. The van der Waals surface area contributed by atoms with E-state index in [-0.39, 0.29) is 0 Å². The van der Waals surface area contributed by atoms with E-state index in [2.05, 4.69) is 52.3 Å². The van der Waals surface area contributed by atoms with Crippen molar-refractivity contribution in [3.05, 3.63) is 46.4 Å². The molecule has 1 aliphatic carbocycles. The molecular formula is C15H19. The topological polar surface area (TPSA) is 0 Å². The molecule has 15 heavy (non-hydrogen) atoms. The van der Waals surface area contributed by atoms with Crippen molar-refractivity contribution in [2.24, 2.45) is 0 Å². The van der Waals surface area contributed by atoms with E-state index in [1.54, 1.807) is 0 Å². The molecule has 1 aliphatic rings. The van der Waals surface area contributed by atoms with E-state index < -0.39 is 0 Å². The summed E-state index contributed by atoms with van der Waals surface area (Å²) in [5.41, 5.74) is 7.24. The summed E-state index contributed by atoms with van der Waals surface area (Å²) in [6, 6.07) is 4.53. The molecule has 1 aromatic rings. The first kappa shape index (κ1) is 10.5. The molecule has 0 aliphatic heterocycles. The summed E-state index contributed by atoms with van der Waals surface area (Å²) in [4.78, 5) is 0. The lowest BCUT2D eigenvalue weighted by Crippen LogP contribution is -1.95. The van der Waals surface area contributed by atoms with Crippen molar-refractivity contribution in [2.45, 2.75) is 40.0 Å². The fourth-order valence-electron chi connectivity index (χ4n) is 2.23. The third-order valence-electron chi connectivity index (χ3n) is 3.23. The number of rotatable bonds is 2. The van der Waals surface area contributed by atoms with E-state index >= 15 is 0 Å². The Labute approximate surface area is 93.0 Å². The highest BCUT2D eigenvalue weighted by atomic mass is 14.2. The number of fused-ring (bicyclic) bond motifs is 1. The summed E-state index contributed by atoms with van der Waals surface area (Å²) in [5, 5.41) is 0. The van der Waals surface area contributed by atoms with Gasteiger partial charge in [-0.15, -0.1) is 0 Å². The molecule has 0 saturated heterocycles. The van der Waals surface area contributed by atoms with Crippen LogP contribution in [0.25, 0.3) is 6.08 Å². The second-order valence-electron chi connectivity index (χ2n) is 4.67. The largest absolute Gasteiger partial charge is 0.0616 e. The van der Waals surface area contributed by atoms with Crippen molar-refractivity contribution in [3.8, 4) is 0 Å².